The molecule has 0 fully saturated rings. The Morgan fingerprint density at radius 3 is 2.65 bits per heavy atom. The van der Waals surface area contributed by atoms with E-state index in [9.17, 15) is 4.79 Å². The van der Waals surface area contributed by atoms with Crippen LogP contribution < -0.4 is 15.4 Å². The Morgan fingerprint density at radius 1 is 1.08 bits per heavy atom. The summed E-state index contributed by atoms with van der Waals surface area (Å²) < 4.78 is 5.39. The number of carbonyl (C=O) groups is 1. The van der Waals surface area contributed by atoms with Crippen LogP contribution in [-0.2, 0) is 6.54 Å². The fourth-order valence-electron chi connectivity index (χ4n) is 2.37. The maximum atomic E-state index is 12.4. The molecule has 2 aromatic heterocycles. The first kappa shape index (κ1) is 17.4. The highest BCUT2D eigenvalue weighted by Gasteiger charge is 2.09. The van der Waals surface area contributed by atoms with Gasteiger partial charge in [-0.3, -0.25) is 14.8 Å². The molecule has 26 heavy (non-hydrogen) atoms. The predicted molar refractivity (Wildman–Crippen MR) is 101 cm³/mol. The number of aromatic nitrogens is 2. The molecule has 1 aromatic carbocycles. The van der Waals surface area contributed by atoms with Crippen molar-refractivity contribution >= 4 is 17.3 Å². The minimum atomic E-state index is -0.265. The topological polar surface area (TPSA) is 76.1 Å². The SMILES string of the molecule is CCOc1ccc(NC(=O)c2cc(NCc3cccnc3)ccn2)cc1. The highest BCUT2D eigenvalue weighted by atomic mass is 16.5. The summed E-state index contributed by atoms with van der Waals surface area (Å²) in [4.78, 5) is 20.6. The molecular weight excluding hydrogens is 328 g/mol. The number of rotatable bonds is 7. The number of benzene rings is 1. The number of pyridine rings is 2. The second-order valence-electron chi connectivity index (χ2n) is 5.56. The van der Waals surface area contributed by atoms with Gasteiger partial charge in [0, 0.05) is 36.5 Å². The van der Waals surface area contributed by atoms with Gasteiger partial charge in [0.2, 0.25) is 0 Å². The van der Waals surface area contributed by atoms with E-state index in [1.54, 1.807) is 36.8 Å². The van der Waals surface area contributed by atoms with Gasteiger partial charge in [-0.2, -0.15) is 0 Å². The third kappa shape index (κ3) is 4.80. The van der Waals surface area contributed by atoms with E-state index in [1.165, 1.54) is 0 Å². The fourth-order valence-corrected chi connectivity index (χ4v) is 2.37. The van der Waals surface area contributed by atoms with Crippen molar-refractivity contribution in [1.82, 2.24) is 9.97 Å². The van der Waals surface area contributed by atoms with E-state index in [1.807, 2.05) is 37.3 Å². The van der Waals surface area contributed by atoms with Crippen LogP contribution in [0.4, 0.5) is 11.4 Å². The van der Waals surface area contributed by atoms with Crippen LogP contribution in [-0.4, -0.2) is 22.5 Å². The van der Waals surface area contributed by atoms with Crippen molar-refractivity contribution in [3.05, 3.63) is 78.4 Å². The summed E-state index contributed by atoms with van der Waals surface area (Å²) >= 11 is 0. The van der Waals surface area contributed by atoms with Crippen molar-refractivity contribution in [2.45, 2.75) is 13.5 Å². The van der Waals surface area contributed by atoms with E-state index in [-0.39, 0.29) is 5.91 Å². The summed E-state index contributed by atoms with van der Waals surface area (Å²) in [6.45, 7) is 3.16. The zero-order valence-electron chi connectivity index (χ0n) is 14.5. The first-order chi connectivity index (χ1) is 12.7. The van der Waals surface area contributed by atoms with Gasteiger partial charge in [-0.1, -0.05) is 6.07 Å². The Hall–Kier alpha value is -3.41. The van der Waals surface area contributed by atoms with Crippen LogP contribution in [0.3, 0.4) is 0 Å². The summed E-state index contributed by atoms with van der Waals surface area (Å²) in [5.41, 5.74) is 2.91. The molecule has 0 spiro atoms. The van der Waals surface area contributed by atoms with Gasteiger partial charge in [0.1, 0.15) is 11.4 Å². The summed E-state index contributed by atoms with van der Waals surface area (Å²) in [5.74, 6) is 0.504. The molecule has 0 bridgehead atoms. The first-order valence-electron chi connectivity index (χ1n) is 8.37. The van der Waals surface area contributed by atoms with Crippen LogP contribution in [0.5, 0.6) is 5.75 Å². The quantitative estimate of drug-likeness (QED) is 0.680. The molecule has 2 N–H and O–H groups in total. The van der Waals surface area contributed by atoms with Crippen LogP contribution in [0.25, 0.3) is 0 Å². The van der Waals surface area contributed by atoms with Crippen molar-refractivity contribution in [2.75, 3.05) is 17.2 Å². The average molecular weight is 348 g/mol. The third-order valence-corrected chi connectivity index (χ3v) is 3.64. The lowest BCUT2D eigenvalue weighted by atomic mass is 10.2. The fraction of sp³-hybridized carbons (Fsp3) is 0.150. The molecule has 132 valence electrons. The summed E-state index contributed by atoms with van der Waals surface area (Å²) in [7, 11) is 0. The first-order valence-corrected chi connectivity index (χ1v) is 8.37. The monoisotopic (exact) mass is 348 g/mol. The molecule has 6 nitrogen and oxygen atoms in total. The minimum Gasteiger partial charge on any atom is -0.494 e. The van der Waals surface area contributed by atoms with Crippen LogP contribution in [0.1, 0.15) is 23.0 Å². The molecule has 0 unspecified atom stereocenters. The maximum Gasteiger partial charge on any atom is 0.274 e. The van der Waals surface area contributed by atoms with E-state index in [4.69, 9.17) is 4.74 Å². The second kappa shape index (κ2) is 8.62. The van der Waals surface area contributed by atoms with Gasteiger partial charge < -0.3 is 15.4 Å². The Balaban J connectivity index is 1.62. The lowest BCUT2D eigenvalue weighted by molar-refractivity contribution is 0.102. The zero-order chi connectivity index (χ0) is 18.2. The van der Waals surface area contributed by atoms with Crippen molar-refractivity contribution in [3.8, 4) is 5.75 Å². The molecule has 1 amide bonds. The van der Waals surface area contributed by atoms with Gasteiger partial charge in [-0.25, -0.2) is 0 Å². The van der Waals surface area contributed by atoms with Crippen LogP contribution in [0.2, 0.25) is 0 Å². The summed E-state index contributed by atoms with van der Waals surface area (Å²) in [5, 5.41) is 6.10. The minimum absolute atomic E-state index is 0.265. The Kier molecular flexibility index (Phi) is 5.77. The number of nitrogens with zero attached hydrogens (tertiary/aromatic N) is 2. The van der Waals surface area contributed by atoms with Gasteiger partial charge in [-0.05, 0) is 55.0 Å². The van der Waals surface area contributed by atoms with Gasteiger partial charge in [0.05, 0.1) is 6.61 Å². The molecule has 0 aliphatic rings. The number of carbonyl (C=O) groups excluding carboxylic acids is 1. The van der Waals surface area contributed by atoms with E-state index in [2.05, 4.69) is 20.6 Å². The molecule has 6 heteroatoms. The maximum absolute atomic E-state index is 12.4. The van der Waals surface area contributed by atoms with E-state index in [0.29, 0.717) is 24.5 Å². The molecule has 0 radical (unpaired) electrons. The number of anilines is 2. The molecule has 2 heterocycles. The average Bonchev–Trinajstić information content (AvgIpc) is 2.69. The molecule has 0 saturated heterocycles. The van der Waals surface area contributed by atoms with Gasteiger partial charge >= 0.3 is 0 Å². The Labute approximate surface area is 152 Å². The lowest BCUT2D eigenvalue weighted by Gasteiger charge is -2.09. The van der Waals surface area contributed by atoms with Gasteiger partial charge in [-0.15, -0.1) is 0 Å². The van der Waals surface area contributed by atoms with Crippen LogP contribution >= 0.6 is 0 Å². The third-order valence-electron chi connectivity index (χ3n) is 3.64. The van der Waals surface area contributed by atoms with Crippen molar-refractivity contribution in [2.24, 2.45) is 0 Å². The number of nitrogens with one attached hydrogen (secondary N) is 2. The number of hydrogen-bond acceptors (Lipinski definition) is 5. The van der Waals surface area contributed by atoms with Gasteiger partial charge in [0.15, 0.2) is 0 Å². The molecule has 0 atom stereocenters. The normalized spacial score (nSPS) is 10.2. The van der Waals surface area contributed by atoms with Crippen molar-refractivity contribution in [3.63, 3.8) is 0 Å². The Bertz CT molecular complexity index is 851. The Morgan fingerprint density at radius 2 is 1.92 bits per heavy atom. The summed E-state index contributed by atoms with van der Waals surface area (Å²) in [6, 6.07) is 14.7. The predicted octanol–water partition coefficient (Wildman–Crippen LogP) is 3.74. The standard InChI is InChI=1S/C20H20N4O2/c1-2-26-18-7-5-16(6-8-18)24-20(25)19-12-17(9-11-22-19)23-14-15-4-3-10-21-13-15/h3-13H,2,14H2,1H3,(H,22,23)(H,24,25). The van der Waals surface area contributed by atoms with Crippen LogP contribution in [0.15, 0.2) is 67.1 Å². The number of hydrogen-bond donors (Lipinski definition) is 2. The van der Waals surface area contributed by atoms with Gasteiger partial charge in [0.25, 0.3) is 5.91 Å². The van der Waals surface area contributed by atoms with Crippen molar-refractivity contribution in [1.29, 1.82) is 0 Å². The summed E-state index contributed by atoms with van der Waals surface area (Å²) in [6.07, 6.45) is 5.14. The number of ether oxygens (including phenoxy) is 1. The molecule has 0 saturated carbocycles. The second-order valence-corrected chi connectivity index (χ2v) is 5.56. The zero-order valence-corrected chi connectivity index (χ0v) is 14.5. The number of amides is 1. The largest absolute Gasteiger partial charge is 0.494 e. The molecule has 0 aliphatic carbocycles. The van der Waals surface area contributed by atoms with Crippen molar-refractivity contribution < 1.29 is 9.53 Å². The highest BCUT2D eigenvalue weighted by Crippen LogP contribution is 2.17. The van der Waals surface area contributed by atoms with Crippen LogP contribution in [0, 0.1) is 0 Å². The van der Waals surface area contributed by atoms with E-state index in [0.717, 1.165) is 17.0 Å². The molecule has 3 aromatic rings. The van der Waals surface area contributed by atoms with E-state index < -0.39 is 0 Å². The smallest absolute Gasteiger partial charge is 0.274 e. The molecular formula is C20H20N4O2. The highest BCUT2D eigenvalue weighted by molar-refractivity contribution is 6.03. The lowest BCUT2D eigenvalue weighted by Crippen LogP contribution is -2.14. The molecule has 3 rings (SSSR count). The molecule has 0 aliphatic heterocycles. The van der Waals surface area contributed by atoms with E-state index >= 15 is 0 Å².